The van der Waals surface area contributed by atoms with E-state index in [1.54, 1.807) is 6.07 Å². The normalized spacial score (nSPS) is 11.0. The van der Waals surface area contributed by atoms with Gasteiger partial charge < -0.3 is 4.42 Å². The predicted octanol–water partition coefficient (Wildman–Crippen LogP) is 1.53. The van der Waals surface area contributed by atoms with Gasteiger partial charge in [-0.05, 0) is 25.1 Å². The molecule has 3 heterocycles. The van der Waals surface area contributed by atoms with Crippen molar-refractivity contribution in [3.05, 3.63) is 47.5 Å². The van der Waals surface area contributed by atoms with Gasteiger partial charge in [-0.3, -0.25) is 14.6 Å². The van der Waals surface area contributed by atoms with Crippen LogP contribution in [0.1, 0.15) is 21.9 Å². The van der Waals surface area contributed by atoms with Crippen molar-refractivity contribution in [2.24, 2.45) is 5.84 Å². The summed E-state index contributed by atoms with van der Waals surface area (Å²) in [5.74, 6) is 6.17. The molecule has 3 rings (SSSR count). The standard InChI is InChI=1S/C13H13N5O2S/c1-8-9(6-10(20-8)12(19)15-14)7-21-13-17-16-11-4-2-3-5-18(11)13/h2-6H,7,14H2,1H3,(H,15,19). The second-order valence-corrected chi connectivity index (χ2v) is 5.31. The van der Waals surface area contributed by atoms with Crippen LogP contribution in [0.2, 0.25) is 0 Å². The summed E-state index contributed by atoms with van der Waals surface area (Å²) in [6.45, 7) is 1.81. The van der Waals surface area contributed by atoms with E-state index in [1.807, 2.05) is 41.1 Å². The number of rotatable bonds is 4. The van der Waals surface area contributed by atoms with Crippen molar-refractivity contribution in [1.29, 1.82) is 0 Å². The molecule has 0 spiro atoms. The first-order valence-corrected chi connectivity index (χ1v) is 7.20. The molecule has 0 aliphatic carbocycles. The monoisotopic (exact) mass is 303 g/mol. The molecule has 0 aromatic carbocycles. The van der Waals surface area contributed by atoms with E-state index in [4.69, 9.17) is 10.3 Å². The number of amides is 1. The Bertz CT molecular complexity index is 795. The molecule has 1 amide bonds. The topological polar surface area (TPSA) is 98.5 Å². The van der Waals surface area contributed by atoms with Crippen molar-refractivity contribution in [3.8, 4) is 0 Å². The molecule has 108 valence electrons. The number of nitrogens with zero attached hydrogens (tertiary/aromatic N) is 3. The second-order valence-electron chi connectivity index (χ2n) is 4.37. The summed E-state index contributed by atoms with van der Waals surface area (Å²) in [6, 6.07) is 7.42. The van der Waals surface area contributed by atoms with Gasteiger partial charge in [0.25, 0.3) is 0 Å². The third-order valence-corrected chi connectivity index (χ3v) is 4.01. The van der Waals surface area contributed by atoms with E-state index in [-0.39, 0.29) is 5.76 Å². The molecule has 0 aliphatic heterocycles. The van der Waals surface area contributed by atoms with Gasteiger partial charge in [0.05, 0.1) is 0 Å². The summed E-state index contributed by atoms with van der Waals surface area (Å²) < 4.78 is 7.29. The molecule has 0 bridgehead atoms. The Labute approximate surface area is 124 Å². The Hall–Kier alpha value is -2.32. The lowest BCUT2D eigenvalue weighted by Crippen LogP contribution is -2.29. The van der Waals surface area contributed by atoms with E-state index in [0.29, 0.717) is 11.5 Å². The van der Waals surface area contributed by atoms with Crippen LogP contribution < -0.4 is 11.3 Å². The number of furan rings is 1. The number of aryl methyl sites for hydroxylation is 1. The zero-order valence-corrected chi connectivity index (χ0v) is 12.1. The maximum Gasteiger partial charge on any atom is 0.300 e. The van der Waals surface area contributed by atoms with E-state index in [1.165, 1.54) is 11.8 Å². The Morgan fingerprint density at radius 3 is 3.14 bits per heavy atom. The maximum atomic E-state index is 11.4. The number of pyridine rings is 1. The molecule has 0 fully saturated rings. The number of fused-ring (bicyclic) bond motifs is 1. The lowest BCUT2D eigenvalue weighted by atomic mass is 10.3. The van der Waals surface area contributed by atoms with Crippen LogP contribution in [-0.4, -0.2) is 20.5 Å². The highest BCUT2D eigenvalue weighted by Gasteiger charge is 2.14. The molecule has 7 nitrogen and oxygen atoms in total. The summed E-state index contributed by atoms with van der Waals surface area (Å²) >= 11 is 1.52. The van der Waals surface area contributed by atoms with E-state index in [0.717, 1.165) is 16.4 Å². The highest BCUT2D eigenvalue weighted by Crippen LogP contribution is 2.25. The molecule has 0 aliphatic rings. The van der Waals surface area contributed by atoms with Crippen LogP contribution in [0.4, 0.5) is 0 Å². The number of carbonyl (C=O) groups is 1. The molecular weight excluding hydrogens is 290 g/mol. The third-order valence-electron chi connectivity index (χ3n) is 3.01. The van der Waals surface area contributed by atoms with Crippen molar-refractivity contribution in [3.63, 3.8) is 0 Å². The lowest BCUT2D eigenvalue weighted by molar-refractivity contribution is 0.0924. The number of nitrogen functional groups attached to an aromatic ring is 1. The zero-order chi connectivity index (χ0) is 14.8. The molecule has 0 unspecified atom stereocenters. The lowest BCUT2D eigenvalue weighted by Gasteiger charge is -1.98. The second kappa shape index (κ2) is 5.58. The van der Waals surface area contributed by atoms with E-state index in [2.05, 4.69) is 10.2 Å². The first kappa shape index (κ1) is 13.7. The van der Waals surface area contributed by atoms with Crippen LogP contribution in [0.15, 0.2) is 40.0 Å². The smallest absolute Gasteiger partial charge is 0.300 e. The molecule has 8 heteroatoms. The highest BCUT2D eigenvalue weighted by molar-refractivity contribution is 7.98. The van der Waals surface area contributed by atoms with E-state index in [9.17, 15) is 4.79 Å². The number of nitrogens with one attached hydrogen (secondary N) is 1. The van der Waals surface area contributed by atoms with Crippen LogP contribution in [0.25, 0.3) is 5.65 Å². The first-order valence-electron chi connectivity index (χ1n) is 6.22. The Morgan fingerprint density at radius 2 is 2.33 bits per heavy atom. The SMILES string of the molecule is Cc1oc(C(=O)NN)cc1CSc1nnc2ccccn12. The Kier molecular flexibility index (Phi) is 3.63. The number of aromatic nitrogens is 3. The number of thioether (sulfide) groups is 1. The Morgan fingerprint density at radius 1 is 1.48 bits per heavy atom. The van der Waals surface area contributed by atoms with Crippen molar-refractivity contribution >= 4 is 23.3 Å². The fourth-order valence-corrected chi connectivity index (χ4v) is 2.87. The molecule has 3 N–H and O–H groups in total. The summed E-state index contributed by atoms with van der Waals surface area (Å²) in [7, 11) is 0. The summed E-state index contributed by atoms with van der Waals surface area (Å²) in [4.78, 5) is 11.4. The number of hydrogen-bond donors (Lipinski definition) is 2. The minimum absolute atomic E-state index is 0.205. The van der Waals surface area contributed by atoms with Gasteiger partial charge in [-0.15, -0.1) is 10.2 Å². The van der Waals surface area contributed by atoms with Gasteiger partial charge in [0.1, 0.15) is 5.76 Å². The number of carbonyl (C=O) groups excluding carboxylic acids is 1. The zero-order valence-electron chi connectivity index (χ0n) is 11.2. The van der Waals surface area contributed by atoms with Gasteiger partial charge in [0, 0.05) is 17.5 Å². The quantitative estimate of drug-likeness (QED) is 0.328. The van der Waals surface area contributed by atoms with Gasteiger partial charge in [0.2, 0.25) is 0 Å². The maximum absolute atomic E-state index is 11.4. The Balaban J connectivity index is 1.79. The first-order chi connectivity index (χ1) is 10.2. The minimum Gasteiger partial charge on any atom is -0.456 e. The number of hydrogen-bond acceptors (Lipinski definition) is 6. The van der Waals surface area contributed by atoms with Gasteiger partial charge in [-0.2, -0.15) is 0 Å². The third kappa shape index (κ3) is 2.63. The van der Waals surface area contributed by atoms with E-state index >= 15 is 0 Å². The molecule has 0 saturated heterocycles. The largest absolute Gasteiger partial charge is 0.456 e. The average Bonchev–Trinajstić information content (AvgIpc) is 3.08. The van der Waals surface area contributed by atoms with Gasteiger partial charge in [-0.1, -0.05) is 17.8 Å². The van der Waals surface area contributed by atoms with Gasteiger partial charge >= 0.3 is 5.91 Å². The van der Waals surface area contributed by atoms with Crippen LogP contribution >= 0.6 is 11.8 Å². The number of hydrazine groups is 1. The van der Waals surface area contributed by atoms with Crippen LogP contribution in [0.5, 0.6) is 0 Å². The van der Waals surface area contributed by atoms with Crippen LogP contribution in [-0.2, 0) is 5.75 Å². The van der Waals surface area contributed by atoms with Gasteiger partial charge in [0.15, 0.2) is 16.6 Å². The fourth-order valence-electron chi connectivity index (χ4n) is 1.91. The minimum atomic E-state index is -0.442. The van der Waals surface area contributed by atoms with E-state index < -0.39 is 5.91 Å². The molecule has 21 heavy (non-hydrogen) atoms. The fraction of sp³-hybridized carbons (Fsp3) is 0.154. The average molecular weight is 303 g/mol. The van der Waals surface area contributed by atoms with Crippen LogP contribution in [0, 0.1) is 6.92 Å². The predicted molar refractivity (Wildman–Crippen MR) is 77.6 cm³/mol. The highest BCUT2D eigenvalue weighted by atomic mass is 32.2. The molecule has 0 saturated carbocycles. The summed E-state index contributed by atoms with van der Waals surface area (Å²) in [5.41, 5.74) is 3.77. The van der Waals surface area contributed by atoms with Crippen LogP contribution in [0.3, 0.4) is 0 Å². The molecule has 0 radical (unpaired) electrons. The molecule has 0 atom stereocenters. The molecular formula is C13H13N5O2S. The summed E-state index contributed by atoms with van der Waals surface area (Å²) in [6.07, 6.45) is 1.91. The van der Waals surface area contributed by atoms with Crippen molar-refractivity contribution in [2.75, 3.05) is 0 Å². The van der Waals surface area contributed by atoms with Crippen molar-refractivity contribution < 1.29 is 9.21 Å². The van der Waals surface area contributed by atoms with Gasteiger partial charge in [-0.25, -0.2) is 5.84 Å². The van der Waals surface area contributed by atoms with Crippen molar-refractivity contribution in [1.82, 2.24) is 20.0 Å². The number of nitrogens with two attached hydrogens (primary N) is 1. The summed E-state index contributed by atoms with van der Waals surface area (Å²) in [5, 5.41) is 9.02. The molecule has 3 aromatic heterocycles. The molecule has 3 aromatic rings. The van der Waals surface area contributed by atoms with Crippen molar-refractivity contribution in [2.45, 2.75) is 17.8 Å².